The Kier molecular flexibility index (Phi) is 2.35. The first kappa shape index (κ1) is 8.48. The molecule has 0 aliphatic carbocycles. The van der Waals surface area contributed by atoms with Gasteiger partial charge in [-0.1, -0.05) is 6.92 Å². The van der Waals surface area contributed by atoms with Crippen LogP contribution >= 0.6 is 0 Å². The van der Waals surface area contributed by atoms with Crippen molar-refractivity contribution < 1.29 is 9.47 Å². The summed E-state index contributed by atoms with van der Waals surface area (Å²) in [4.78, 5) is 2.44. The fourth-order valence-electron chi connectivity index (χ4n) is 2.00. The Bertz CT molecular complexity index is 145. The van der Waals surface area contributed by atoms with Crippen LogP contribution in [0, 0.1) is 0 Å². The molecule has 0 aromatic rings. The van der Waals surface area contributed by atoms with E-state index in [-0.39, 0.29) is 5.79 Å². The van der Waals surface area contributed by atoms with Gasteiger partial charge in [0.25, 0.3) is 0 Å². The Morgan fingerprint density at radius 1 is 1.17 bits per heavy atom. The second-order valence-corrected chi connectivity index (χ2v) is 3.54. The summed E-state index contributed by atoms with van der Waals surface area (Å²) >= 11 is 0. The van der Waals surface area contributed by atoms with Gasteiger partial charge < -0.3 is 14.4 Å². The summed E-state index contributed by atoms with van der Waals surface area (Å²) in [5.74, 6) is -0.189. The lowest BCUT2D eigenvalue weighted by atomic mass is 10.0. The van der Waals surface area contributed by atoms with Crippen LogP contribution in [-0.4, -0.2) is 43.5 Å². The highest BCUT2D eigenvalue weighted by Gasteiger charge is 2.39. The fraction of sp³-hybridized carbons (Fsp3) is 1.00. The molecule has 2 aliphatic heterocycles. The summed E-state index contributed by atoms with van der Waals surface area (Å²) in [5.41, 5.74) is 0. The Morgan fingerprint density at radius 3 is 2.25 bits per heavy atom. The fourth-order valence-corrected chi connectivity index (χ4v) is 2.00. The van der Waals surface area contributed by atoms with Crippen molar-refractivity contribution in [3.05, 3.63) is 0 Å². The van der Waals surface area contributed by atoms with Gasteiger partial charge in [-0.25, -0.2) is 0 Å². The van der Waals surface area contributed by atoms with E-state index in [0.29, 0.717) is 0 Å². The molecule has 70 valence electrons. The molecule has 2 fully saturated rings. The van der Waals surface area contributed by atoms with Crippen molar-refractivity contribution in [1.82, 2.24) is 4.90 Å². The van der Waals surface area contributed by atoms with E-state index in [2.05, 4.69) is 11.8 Å². The van der Waals surface area contributed by atoms with Gasteiger partial charge in [0.1, 0.15) is 0 Å². The molecule has 1 spiro atoms. The highest BCUT2D eigenvalue weighted by atomic mass is 16.7. The molecule has 0 atom stereocenters. The van der Waals surface area contributed by atoms with Gasteiger partial charge in [-0.3, -0.25) is 0 Å². The van der Waals surface area contributed by atoms with Crippen LogP contribution in [0.3, 0.4) is 0 Å². The normalized spacial score (nSPS) is 29.8. The van der Waals surface area contributed by atoms with E-state index in [0.717, 1.165) is 45.7 Å². The maximum atomic E-state index is 5.63. The van der Waals surface area contributed by atoms with Crippen LogP contribution < -0.4 is 0 Å². The van der Waals surface area contributed by atoms with Crippen LogP contribution in [-0.2, 0) is 9.47 Å². The lowest BCUT2D eigenvalue weighted by Gasteiger charge is -2.36. The average Bonchev–Trinajstić information content (AvgIpc) is 2.55. The first-order valence-electron chi connectivity index (χ1n) is 4.85. The maximum absolute atomic E-state index is 5.63. The van der Waals surface area contributed by atoms with Gasteiger partial charge in [0, 0.05) is 25.9 Å². The van der Waals surface area contributed by atoms with E-state index in [9.17, 15) is 0 Å². The molecule has 0 N–H and O–H groups in total. The SMILES string of the molecule is CCN1CCC2(CC1)OCCO2. The monoisotopic (exact) mass is 171 g/mol. The highest BCUT2D eigenvalue weighted by molar-refractivity contribution is 4.81. The molecule has 0 unspecified atom stereocenters. The zero-order chi connectivity index (χ0) is 8.44. The van der Waals surface area contributed by atoms with Crippen molar-refractivity contribution in [1.29, 1.82) is 0 Å². The molecule has 2 heterocycles. The van der Waals surface area contributed by atoms with Crippen LogP contribution in [0.4, 0.5) is 0 Å². The first-order chi connectivity index (χ1) is 5.85. The Labute approximate surface area is 73.6 Å². The minimum atomic E-state index is -0.189. The number of piperidine rings is 1. The summed E-state index contributed by atoms with van der Waals surface area (Å²) in [6, 6.07) is 0. The molecule has 0 aromatic heterocycles. The van der Waals surface area contributed by atoms with Crippen molar-refractivity contribution >= 4 is 0 Å². The summed E-state index contributed by atoms with van der Waals surface area (Å²) < 4.78 is 11.3. The van der Waals surface area contributed by atoms with Crippen LogP contribution in [0.5, 0.6) is 0 Å². The molecule has 0 saturated carbocycles. The summed E-state index contributed by atoms with van der Waals surface area (Å²) in [7, 11) is 0. The molecule has 2 rings (SSSR count). The first-order valence-corrected chi connectivity index (χ1v) is 4.85. The smallest absolute Gasteiger partial charge is 0.170 e. The lowest BCUT2D eigenvalue weighted by molar-refractivity contribution is -0.184. The predicted molar refractivity (Wildman–Crippen MR) is 46.0 cm³/mol. The Morgan fingerprint density at radius 2 is 1.75 bits per heavy atom. The van der Waals surface area contributed by atoms with Gasteiger partial charge in [-0.05, 0) is 6.54 Å². The molecule has 3 nitrogen and oxygen atoms in total. The van der Waals surface area contributed by atoms with Gasteiger partial charge in [0.2, 0.25) is 0 Å². The second-order valence-electron chi connectivity index (χ2n) is 3.54. The van der Waals surface area contributed by atoms with Crippen molar-refractivity contribution in [2.45, 2.75) is 25.6 Å². The molecule has 0 amide bonds. The minimum absolute atomic E-state index is 0.189. The predicted octanol–water partition coefficient (Wildman–Crippen LogP) is 0.845. The average molecular weight is 171 g/mol. The second kappa shape index (κ2) is 3.32. The molecule has 2 saturated heterocycles. The number of hydrogen-bond donors (Lipinski definition) is 0. The zero-order valence-corrected chi connectivity index (χ0v) is 7.71. The van der Waals surface area contributed by atoms with Crippen LogP contribution in [0.2, 0.25) is 0 Å². The van der Waals surface area contributed by atoms with Crippen LogP contribution in [0.15, 0.2) is 0 Å². The standard InChI is InChI=1S/C9H17NO2/c1-2-10-5-3-9(4-6-10)11-7-8-12-9/h2-8H2,1H3. The third kappa shape index (κ3) is 1.49. The quantitative estimate of drug-likeness (QED) is 0.583. The number of hydrogen-bond acceptors (Lipinski definition) is 3. The van der Waals surface area contributed by atoms with E-state index < -0.39 is 0 Å². The van der Waals surface area contributed by atoms with E-state index in [1.165, 1.54) is 0 Å². The summed E-state index contributed by atoms with van der Waals surface area (Å²) in [6.07, 6.45) is 2.08. The van der Waals surface area contributed by atoms with E-state index >= 15 is 0 Å². The van der Waals surface area contributed by atoms with Crippen molar-refractivity contribution in [2.75, 3.05) is 32.8 Å². The molecule has 0 aromatic carbocycles. The third-order valence-corrected chi connectivity index (χ3v) is 2.88. The zero-order valence-electron chi connectivity index (χ0n) is 7.71. The van der Waals surface area contributed by atoms with Gasteiger partial charge >= 0.3 is 0 Å². The molecule has 0 bridgehead atoms. The van der Waals surface area contributed by atoms with Crippen LogP contribution in [0.1, 0.15) is 19.8 Å². The Hall–Kier alpha value is -0.120. The van der Waals surface area contributed by atoms with Crippen LogP contribution in [0.25, 0.3) is 0 Å². The number of likely N-dealkylation sites (tertiary alicyclic amines) is 1. The topological polar surface area (TPSA) is 21.7 Å². The molecule has 3 heteroatoms. The van der Waals surface area contributed by atoms with Gasteiger partial charge in [-0.15, -0.1) is 0 Å². The summed E-state index contributed by atoms with van der Waals surface area (Å²) in [5, 5.41) is 0. The number of nitrogens with zero attached hydrogens (tertiary/aromatic N) is 1. The van der Waals surface area contributed by atoms with Crippen molar-refractivity contribution in [2.24, 2.45) is 0 Å². The molecule has 0 radical (unpaired) electrons. The molecule has 12 heavy (non-hydrogen) atoms. The van der Waals surface area contributed by atoms with Gasteiger partial charge in [0.15, 0.2) is 5.79 Å². The largest absolute Gasteiger partial charge is 0.347 e. The number of ether oxygens (including phenoxy) is 2. The molecular formula is C9H17NO2. The third-order valence-electron chi connectivity index (χ3n) is 2.88. The lowest BCUT2D eigenvalue weighted by Crippen LogP contribution is -2.44. The van der Waals surface area contributed by atoms with Crippen molar-refractivity contribution in [3.63, 3.8) is 0 Å². The van der Waals surface area contributed by atoms with E-state index in [1.807, 2.05) is 0 Å². The maximum Gasteiger partial charge on any atom is 0.170 e. The highest BCUT2D eigenvalue weighted by Crippen LogP contribution is 2.30. The Balaban J connectivity index is 1.88. The van der Waals surface area contributed by atoms with E-state index in [4.69, 9.17) is 9.47 Å². The minimum Gasteiger partial charge on any atom is -0.347 e. The van der Waals surface area contributed by atoms with Gasteiger partial charge in [0.05, 0.1) is 13.2 Å². The summed E-state index contributed by atoms with van der Waals surface area (Å²) in [6.45, 7) is 7.16. The molecular weight excluding hydrogens is 154 g/mol. The number of rotatable bonds is 1. The molecule has 2 aliphatic rings. The van der Waals surface area contributed by atoms with Crippen molar-refractivity contribution in [3.8, 4) is 0 Å². The van der Waals surface area contributed by atoms with E-state index in [1.54, 1.807) is 0 Å². The van der Waals surface area contributed by atoms with Gasteiger partial charge in [-0.2, -0.15) is 0 Å².